The molecule has 0 unspecified atom stereocenters. The number of rotatable bonds is 8. The van der Waals surface area contributed by atoms with Gasteiger partial charge in [0.1, 0.15) is 11.4 Å². The summed E-state index contributed by atoms with van der Waals surface area (Å²) in [7, 11) is -2.55. The molecule has 0 spiro atoms. The van der Waals surface area contributed by atoms with E-state index < -0.39 is 20.6 Å². The molecule has 0 bridgehead atoms. The number of hydrazone groups is 1. The van der Waals surface area contributed by atoms with Crippen LogP contribution in [0, 0.1) is 10.1 Å². The zero-order valence-electron chi connectivity index (χ0n) is 16.6. The third-order valence-corrected chi connectivity index (χ3v) is 5.62. The van der Waals surface area contributed by atoms with Gasteiger partial charge in [0.2, 0.25) is 0 Å². The Morgan fingerprint density at radius 2 is 1.90 bits per heavy atom. The Hall–Kier alpha value is -3.99. The Balaban J connectivity index is 1.86. The van der Waals surface area contributed by atoms with Gasteiger partial charge in [0.05, 0.1) is 22.6 Å². The lowest BCUT2D eigenvalue weighted by Crippen LogP contribution is -2.13. The van der Waals surface area contributed by atoms with Crippen molar-refractivity contribution in [1.29, 1.82) is 0 Å². The van der Waals surface area contributed by atoms with Crippen LogP contribution in [-0.2, 0) is 10.0 Å². The highest BCUT2D eigenvalue weighted by molar-refractivity contribution is 7.92. The quantitative estimate of drug-likeness (QED) is 0.309. The van der Waals surface area contributed by atoms with Crippen molar-refractivity contribution in [2.45, 2.75) is 11.8 Å². The van der Waals surface area contributed by atoms with Crippen LogP contribution in [0.1, 0.15) is 12.5 Å². The number of methoxy groups -OCH3 is 1. The van der Waals surface area contributed by atoms with Crippen LogP contribution in [0.15, 0.2) is 77.0 Å². The average molecular weight is 441 g/mol. The second-order valence-corrected chi connectivity index (χ2v) is 8.00. The van der Waals surface area contributed by atoms with Gasteiger partial charge in [-0.25, -0.2) is 8.42 Å². The van der Waals surface area contributed by atoms with E-state index in [0.29, 0.717) is 17.1 Å². The molecule has 0 aliphatic heterocycles. The van der Waals surface area contributed by atoms with Crippen LogP contribution >= 0.6 is 0 Å². The van der Waals surface area contributed by atoms with E-state index >= 15 is 0 Å². The number of pyridine rings is 1. The molecule has 31 heavy (non-hydrogen) atoms. The van der Waals surface area contributed by atoms with Gasteiger partial charge in [0.25, 0.3) is 15.7 Å². The number of hydrogen-bond acceptors (Lipinski definition) is 8. The van der Waals surface area contributed by atoms with Crippen LogP contribution in [-0.4, -0.2) is 31.1 Å². The first kappa shape index (κ1) is 21.7. The maximum Gasteiger partial charge on any atom is 0.295 e. The molecule has 3 rings (SSSR count). The minimum absolute atomic E-state index is 0.0524. The summed E-state index contributed by atoms with van der Waals surface area (Å²) in [5, 5.41) is 15.7. The first-order valence-corrected chi connectivity index (χ1v) is 10.4. The number of nitro benzene ring substituents is 1. The lowest BCUT2D eigenvalue weighted by atomic mass is 10.2. The van der Waals surface area contributed by atoms with E-state index in [1.165, 1.54) is 31.4 Å². The van der Waals surface area contributed by atoms with E-state index in [1.807, 2.05) is 0 Å². The molecule has 0 atom stereocenters. The first-order chi connectivity index (χ1) is 14.8. The molecule has 2 N–H and O–H groups in total. The molecular formula is C20H19N5O5S. The fraction of sp³-hybridized carbons (Fsp3) is 0.100. The Bertz CT molecular complexity index is 1210. The summed E-state index contributed by atoms with van der Waals surface area (Å²) in [6.45, 7) is 1.72. The fourth-order valence-corrected chi connectivity index (χ4v) is 3.66. The number of nitrogens with one attached hydrogen (secondary N) is 2. The summed E-state index contributed by atoms with van der Waals surface area (Å²) >= 11 is 0. The summed E-state index contributed by atoms with van der Waals surface area (Å²) in [6.07, 6.45) is 3.23. The smallest absolute Gasteiger partial charge is 0.295 e. The summed E-state index contributed by atoms with van der Waals surface area (Å²) in [6, 6.07) is 13.3. The molecule has 0 saturated carbocycles. The van der Waals surface area contributed by atoms with Crippen LogP contribution < -0.4 is 14.9 Å². The molecule has 1 heterocycles. The highest BCUT2D eigenvalue weighted by Crippen LogP contribution is 2.29. The van der Waals surface area contributed by atoms with Crippen LogP contribution in [0.25, 0.3) is 0 Å². The highest BCUT2D eigenvalue weighted by atomic mass is 32.2. The van der Waals surface area contributed by atoms with Gasteiger partial charge < -0.3 is 4.74 Å². The molecule has 0 aliphatic carbocycles. The van der Waals surface area contributed by atoms with Crippen molar-refractivity contribution < 1.29 is 18.1 Å². The molecule has 1 aromatic heterocycles. The van der Waals surface area contributed by atoms with E-state index in [0.717, 1.165) is 11.6 Å². The fourth-order valence-electron chi connectivity index (χ4n) is 2.58. The van der Waals surface area contributed by atoms with E-state index in [-0.39, 0.29) is 10.6 Å². The Morgan fingerprint density at radius 3 is 2.52 bits per heavy atom. The normalized spacial score (nSPS) is 11.6. The number of sulfonamides is 1. The monoisotopic (exact) mass is 441 g/mol. The highest BCUT2D eigenvalue weighted by Gasteiger charge is 2.21. The molecule has 3 aromatic rings. The number of nitro groups is 1. The van der Waals surface area contributed by atoms with Crippen LogP contribution in [0.3, 0.4) is 0 Å². The SMILES string of the molecule is COc1ccc(NS(=O)(=O)c2ccc(N/N=C(/C)c3cccnc3)c([N+](=O)[O-])c2)cc1. The topological polar surface area (TPSA) is 136 Å². The van der Waals surface area contributed by atoms with Gasteiger partial charge in [0.15, 0.2) is 0 Å². The van der Waals surface area contributed by atoms with Crippen LogP contribution in [0.2, 0.25) is 0 Å². The largest absolute Gasteiger partial charge is 0.497 e. The number of nitrogens with zero attached hydrogens (tertiary/aromatic N) is 3. The standard InChI is InChI=1S/C20H19N5O5S/c1-14(15-4-3-11-21-13-15)22-23-19-10-9-18(12-20(19)25(26)27)31(28,29)24-16-5-7-17(30-2)8-6-16/h3-13,23-24H,1-2H3/b22-14-. The predicted molar refractivity (Wildman–Crippen MR) is 117 cm³/mol. The van der Waals surface area contributed by atoms with E-state index in [1.54, 1.807) is 43.6 Å². The molecule has 0 aliphatic rings. The third kappa shape index (κ3) is 5.34. The van der Waals surface area contributed by atoms with Crippen molar-refractivity contribution in [1.82, 2.24) is 4.98 Å². The number of ether oxygens (including phenoxy) is 1. The van der Waals surface area contributed by atoms with Gasteiger partial charge in [-0.2, -0.15) is 5.10 Å². The first-order valence-electron chi connectivity index (χ1n) is 8.96. The average Bonchev–Trinajstić information content (AvgIpc) is 2.78. The Morgan fingerprint density at radius 1 is 1.16 bits per heavy atom. The predicted octanol–water partition coefficient (Wildman–Crippen LogP) is 3.64. The molecule has 0 saturated heterocycles. The van der Waals surface area contributed by atoms with Crippen molar-refractivity contribution in [3.8, 4) is 5.75 Å². The molecule has 0 amide bonds. The van der Waals surface area contributed by atoms with E-state index in [2.05, 4.69) is 20.2 Å². The molecule has 0 radical (unpaired) electrons. The van der Waals surface area contributed by atoms with Gasteiger partial charge in [-0.3, -0.25) is 25.2 Å². The zero-order valence-corrected chi connectivity index (χ0v) is 17.5. The maximum absolute atomic E-state index is 12.7. The van der Waals surface area contributed by atoms with Gasteiger partial charge in [-0.15, -0.1) is 0 Å². The summed E-state index contributed by atoms with van der Waals surface area (Å²) in [5.41, 5.74) is 3.83. The second kappa shape index (κ2) is 9.22. The van der Waals surface area contributed by atoms with E-state index in [9.17, 15) is 18.5 Å². The van der Waals surface area contributed by atoms with Gasteiger partial charge in [-0.1, -0.05) is 6.07 Å². The minimum atomic E-state index is -4.05. The summed E-state index contributed by atoms with van der Waals surface area (Å²) in [4.78, 5) is 14.6. The van der Waals surface area contributed by atoms with Gasteiger partial charge in [-0.05, 0) is 49.4 Å². The van der Waals surface area contributed by atoms with Crippen LogP contribution in [0.5, 0.6) is 5.75 Å². The summed E-state index contributed by atoms with van der Waals surface area (Å²) < 4.78 is 32.8. The Labute approximate surface area is 178 Å². The lowest BCUT2D eigenvalue weighted by molar-refractivity contribution is -0.384. The Kier molecular flexibility index (Phi) is 6.46. The second-order valence-electron chi connectivity index (χ2n) is 6.32. The van der Waals surface area contributed by atoms with Crippen molar-refractivity contribution in [2.75, 3.05) is 17.3 Å². The zero-order chi connectivity index (χ0) is 22.4. The van der Waals surface area contributed by atoms with Crippen molar-refractivity contribution in [3.05, 3.63) is 82.7 Å². The van der Waals surface area contributed by atoms with Crippen LogP contribution in [0.4, 0.5) is 17.1 Å². The van der Waals surface area contributed by atoms with Crippen molar-refractivity contribution in [2.24, 2.45) is 5.10 Å². The molecule has 2 aromatic carbocycles. The maximum atomic E-state index is 12.7. The summed E-state index contributed by atoms with van der Waals surface area (Å²) in [5.74, 6) is 0.566. The molecule has 11 heteroatoms. The molecular weight excluding hydrogens is 422 g/mol. The van der Waals surface area contributed by atoms with Crippen molar-refractivity contribution in [3.63, 3.8) is 0 Å². The minimum Gasteiger partial charge on any atom is -0.497 e. The molecule has 0 fully saturated rings. The van der Waals surface area contributed by atoms with E-state index in [4.69, 9.17) is 4.74 Å². The number of aromatic nitrogens is 1. The van der Waals surface area contributed by atoms with Crippen molar-refractivity contribution >= 4 is 32.8 Å². The molecule has 10 nitrogen and oxygen atoms in total. The third-order valence-electron chi connectivity index (χ3n) is 4.24. The molecule has 160 valence electrons. The lowest BCUT2D eigenvalue weighted by Gasteiger charge is -2.10. The van der Waals surface area contributed by atoms with Gasteiger partial charge >= 0.3 is 0 Å². The number of hydrogen-bond donors (Lipinski definition) is 2. The number of benzene rings is 2. The number of anilines is 2. The van der Waals surface area contributed by atoms with Gasteiger partial charge in [0, 0.05) is 29.7 Å².